The summed E-state index contributed by atoms with van der Waals surface area (Å²) in [7, 11) is 4.40. The summed E-state index contributed by atoms with van der Waals surface area (Å²) in [4.78, 5) is 2.35. The largest absolute Gasteiger partial charge is 0.347 e. The van der Waals surface area contributed by atoms with E-state index in [1.54, 1.807) is 0 Å². The van der Waals surface area contributed by atoms with Gasteiger partial charge < -0.3 is 4.90 Å². The molecule has 2 aliphatic rings. The van der Waals surface area contributed by atoms with Gasteiger partial charge in [0.2, 0.25) is 5.69 Å². The smallest absolute Gasteiger partial charge is 0.210 e. The van der Waals surface area contributed by atoms with E-state index in [4.69, 9.17) is 0 Å². The minimum atomic E-state index is -0.0734. The van der Waals surface area contributed by atoms with Crippen molar-refractivity contribution in [1.29, 1.82) is 0 Å². The van der Waals surface area contributed by atoms with Crippen LogP contribution in [0.1, 0.15) is 55.5 Å². The second kappa shape index (κ2) is 7.43. The fourth-order valence-corrected chi connectivity index (χ4v) is 6.40. The van der Waals surface area contributed by atoms with Gasteiger partial charge >= 0.3 is 0 Å². The molecule has 0 saturated heterocycles. The molecule has 0 fully saturated rings. The zero-order valence-electron chi connectivity index (χ0n) is 22.2. The van der Waals surface area contributed by atoms with Crippen molar-refractivity contribution < 1.29 is 4.58 Å². The van der Waals surface area contributed by atoms with Gasteiger partial charge in [-0.25, -0.2) is 0 Å². The number of nitrogens with zero attached hydrogens (tertiary/aromatic N) is 2. The number of likely N-dealkylation sites (N-methyl/N-ethyl adjacent to an activating group) is 1. The van der Waals surface area contributed by atoms with Crippen molar-refractivity contribution in [3.8, 4) is 0 Å². The number of aryl methyl sites for hydroxylation is 3. The summed E-state index contributed by atoms with van der Waals surface area (Å²) in [5.74, 6) is 0. The van der Waals surface area contributed by atoms with Gasteiger partial charge in [-0.3, -0.25) is 0 Å². The molecule has 0 bridgehead atoms. The van der Waals surface area contributed by atoms with Crippen LogP contribution >= 0.6 is 0 Å². The highest BCUT2D eigenvalue weighted by Gasteiger charge is 2.44. The van der Waals surface area contributed by atoms with Crippen molar-refractivity contribution in [1.82, 2.24) is 0 Å². The highest BCUT2D eigenvalue weighted by Crippen LogP contribution is 2.47. The highest BCUT2D eigenvalue weighted by atomic mass is 15.2. The number of fused-ring (bicyclic) bond motifs is 4. The lowest BCUT2D eigenvalue weighted by atomic mass is 9.78. The average Bonchev–Trinajstić information content (AvgIpc) is 3.07. The molecule has 0 amide bonds. The van der Waals surface area contributed by atoms with Gasteiger partial charge in [-0.05, 0) is 74.7 Å². The minimum absolute atomic E-state index is 0.0174. The Labute approximate surface area is 204 Å². The second-order valence-corrected chi connectivity index (χ2v) is 11.3. The molecule has 0 atom stereocenters. The molecule has 0 aromatic heterocycles. The first kappa shape index (κ1) is 22.7. The van der Waals surface area contributed by atoms with Gasteiger partial charge in [0.1, 0.15) is 7.05 Å². The van der Waals surface area contributed by atoms with E-state index in [9.17, 15) is 0 Å². The van der Waals surface area contributed by atoms with Crippen molar-refractivity contribution >= 4 is 27.9 Å². The van der Waals surface area contributed by atoms with Crippen LogP contribution in [0.2, 0.25) is 0 Å². The van der Waals surface area contributed by atoms with Crippen molar-refractivity contribution in [2.45, 2.75) is 59.3 Å². The normalized spacial score (nSPS) is 19.6. The SMILES string of the molecule is Cc1ccc2c(c1)C(C)(C)/C(=C\C=C\C1=[N+](C)c3ccc4c(C)cc(C)cc4c3C1(C)C)N2C. The molecule has 2 nitrogen and oxygen atoms in total. The third-order valence-corrected chi connectivity index (χ3v) is 8.15. The predicted octanol–water partition coefficient (Wildman–Crippen LogP) is 7.64. The van der Waals surface area contributed by atoms with Gasteiger partial charge in [0.05, 0.1) is 5.41 Å². The van der Waals surface area contributed by atoms with Crippen molar-refractivity contribution in [2.24, 2.45) is 0 Å². The quantitative estimate of drug-likeness (QED) is 0.364. The van der Waals surface area contributed by atoms with E-state index in [1.165, 1.54) is 61.4 Å². The summed E-state index contributed by atoms with van der Waals surface area (Å²) in [5, 5.41) is 2.75. The molecule has 2 aliphatic heterocycles. The summed E-state index contributed by atoms with van der Waals surface area (Å²) in [5.41, 5.74) is 12.0. The lowest BCUT2D eigenvalue weighted by molar-refractivity contribution is -0.401. The highest BCUT2D eigenvalue weighted by molar-refractivity contribution is 6.08. The minimum Gasteiger partial charge on any atom is -0.347 e. The predicted molar refractivity (Wildman–Crippen MR) is 147 cm³/mol. The summed E-state index contributed by atoms with van der Waals surface area (Å²) in [6, 6.07) is 16.0. The zero-order chi connectivity index (χ0) is 24.6. The molecule has 3 aromatic carbocycles. The molecular formula is C32H37N2+. The maximum Gasteiger partial charge on any atom is 0.210 e. The van der Waals surface area contributed by atoms with Crippen LogP contribution in [0.15, 0.2) is 66.4 Å². The number of anilines is 1. The molecule has 3 aromatic rings. The van der Waals surface area contributed by atoms with E-state index >= 15 is 0 Å². The van der Waals surface area contributed by atoms with Crippen molar-refractivity contribution in [3.63, 3.8) is 0 Å². The van der Waals surface area contributed by atoms with E-state index < -0.39 is 0 Å². The molecule has 2 heteroatoms. The van der Waals surface area contributed by atoms with Gasteiger partial charge in [0.15, 0.2) is 5.71 Å². The fourth-order valence-electron chi connectivity index (χ4n) is 6.40. The first-order valence-electron chi connectivity index (χ1n) is 12.3. The maximum atomic E-state index is 2.38. The lowest BCUT2D eigenvalue weighted by Crippen LogP contribution is -2.27. The van der Waals surface area contributed by atoms with Crippen LogP contribution < -0.4 is 4.90 Å². The van der Waals surface area contributed by atoms with Crippen LogP contribution in [0.3, 0.4) is 0 Å². The monoisotopic (exact) mass is 449 g/mol. The lowest BCUT2D eigenvalue weighted by Gasteiger charge is -2.23. The number of benzene rings is 3. The standard InChI is InChI=1S/C32H37N2/c1-20-13-15-26-25(19-20)31(4,5)28(33(26)8)11-10-12-29-32(6,7)30-24-18-21(2)17-22(3)23(24)14-16-27(30)34(29)9/h10-19H,1-9H3/q+1. The Hall–Kier alpha value is -3.13. The fraction of sp³-hybridized carbons (Fsp3) is 0.344. The molecule has 34 heavy (non-hydrogen) atoms. The van der Waals surface area contributed by atoms with Gasteiger partial charge in [0.25, 0.3) is 0 Å². The molecule has 0 aliphatic carbocycles. The topological polar surface area (TPSA) is 6.25 Å². The Morgan fingerprint density at radius 3 is 2.29 bits per heavy atom. The second-order valence-electron chi connectivity index (χ2n) is 11.3. The number of allylic oxidation sites excluding steroid dienone is 4. The Bertz CT molecular complexity index is 1440. The van der Waals surface area contributed by atoms with Crippen LogP contribution in [0.4, 0.5) is 11.4 Å². The molecule has 0 spiro atoms. The summed E-state index contributed by atoms with van der Waals surface area (Å²) < 4.78 is 2.38. The van der Waals surface area contributed by atoms with Crippen molar-refractivity contribution in [3.05, 3.63) is 94.2 Å². The van der Waals surface area contributed by atoms with E-state index in [2.05, 4.69) is 133 Å². The van der Waals surface area contributed by atoms with Crippen LogP contribution in [0.25, 0.3) is 10.8 Å². The molecule has 5 rings (SSSR count). The molecular weight excluding hydrogens is 412 g/mol. The third-order valence-electron chi connectivity index (χ3n) is 8.15. The third kappa shape index (κ3) is 3.11. The zero-order valence-corrected chi connectivity index (χ0v) is 22.2. The Morgan fingerprint density at radius 2 is 1.56 bits per heavy atom. The van der Waals surface area contributed by atoms with Gasteiger partial charge in [0, 0.05) is 41.6 Å². The number of hydrogen-bond donors (Lipinski definition) is 0. The Morgan fingerprint density at radius 1 is 0.824 bits per heavy atom. The maximum absolute atomic E-state index is 2.38. The Balaban J connectivity index is 1.57. The van der Waals surface area contributed by atoms with E-state index in [1.807, 2.05) is 0 Å². The molecule has 0 unspecified atom stereocenters. The molecule has 0 radical (unpaired) electrons. The molecule has 0 saturated carbocycles. The number of rotatable bonds is 2. The first-order chi connectivity index (χ1) is 15.9. The van der Waals surface area contributed by atoms with Crippen LogP contribution in [0.5, 0.6) is 0 Å². The van der Waals surface area contributed by atoms with Crippen molar-refractivity contribution in [2.75, 3.05) is 19.0 Å². The average molecular weight is 450 g/mol. The van der Waals surface area contributed by atoms with Crippen LogP contribution in [-0.4, -0.2) is 24.4 Å². The summed E-state index contributed by atoms with van der Waals surface area (Å²) in [6.45, 7) is 16.0. The van der Waals surface area contributed by atoms with E-state index in [0.29, 0.717) is 0 Å². The van der Waals surface area contributed by atoms with Crippen LogP contribution in [-0.2, 0) is 10.8 Å². The van der Waals surface area contributed by atoms with Gasteiger partial charge in [-0.2, -0.15) is 4.58 Å². The Kier molecular flexibility index (Phi) is 4.95. The van der Waals surface area contributed by atoms with Crippen LogP contribution in [0, 0.1) is 20.8 Å². The molecule has 2 heterocycles. The summed E-state index contributed by atoms with van der Waals surface area (Å²) in [6.07, 6.45) is 6.88. The van der Waals surface area contributed by atoms with Gasteiger partial charge in [-0.1, -0.05) is 55.3 Å². The molecule has 174 valence electrons. The summed E-state index contributed by atoms with van der Waals surface area (Å²) >= 11 is 0. The van der Waals surface area contributed by atoms with E-state index in [-0.39, 0.29) is 10.8 Å². The molecule has 0 N–H and O–H groups in total. The van der Waals surface area contributed by atoms with Gasteiger partial charge in [-0.15, -0.1) is 0 Å². The first-order valence-corrected chi connectivity index (χ1v) is 12.3. The number of hydrogen-bond acceptors (Lipinski definition) is 1. The van der Waals surface area contributed by atoms with E-state index in [0.717, 1.165) is 0 Å².